The molecule has 0 rings (SSSR count). The molecule has 0 aliphatic carbocycles. The maximum absolute atomic E-state index is 8.48. The first-order valence-electron chi connectivity index (χ1n) is 1.58. The summed E-state index contributed by atoms with van der Waals surface area (Å²) >= 11 is 0.327. The fourth-order valence-electron chi connectivity index (χ4n) is 0.115. The van der Waals surface area contributed by atoms with Crippen LogP contribution >= 0.6 is 6.72 Å². The standard InChI is InChI=1S/CH7NO4PS/c1-5-6-7(3,4)8-2/h3-4H,2H2,1H3/q+1. The minimum absolute atomic E-state index is 0.327. The Morgan fingerprint density at radius 3 is 2.25 bits per heavy atom. The van der Waals surface area contributed by atoms with Crippen molar-refractivity contribution in [3.63, 3.8) is 0 Å². The second-order valence-corrected chi connectivity index (χ2v) is 4.24. The van der Waals surface area contributed by atoms with E-state index in [2.05, 4.69) is 9.56 Å². The Bertz CT molecular complexity index is 109. The summed E-state index contributed by atoms with van der Waals surface area (Å²) in [5, 5.41) is 4.75. The van der Waals surface area contributed by atoms with Gasteiger partial charge in [0.05, 0.1) is 7.11 Å². The van der Waals surface area contributed by atoms with Crippen molar-refractivity contribution in [1.29, 1.82) is 0 Å². The summed E-state index contributed by atoms with van der Waals surface area (Å²) in [5.74, 6) is 0. The Hall–Kier alpha value is 0.450. The minimum Gasteiger partial charge on any atom is -0.286 e. The summed E-state index contributed by atoms with van der Waals surface area (Å²) in [4.78, 5) is 20.9. The predicted octanol–water partition coefficient (Wildman–Crippen LogP) is -0.817. The smallest absolute Gasteiger partial charge is 0.286 e. The van der Waals surface area contributed by atoms with E-state index in [9.17, 15) is 0 Å². The third kappa shape index (κ3) is 3.45. The Kier molecular flexibility index (Phi) is 3.67. The summed E-state index contributed by atoms with van der Waals surface area (Å²) in [6.07, 6.45) is 0. The second kappa shape index (κ2) is 3.47. The van der Waals surface area contributed by atoms with Gasteiger partial charge in [-0.1, -0.05) is 5.14 Å². The van der Waals surface area contributed by atoms with Crippen molar-refractivity contribution in [2.75, 3.05) is 7.11 Å². The summed E-state index contributed by atoms with van der Waals surface area (Å²) in [6, 6.07) is 0. The van der Waals surface area contributed by atoms with Gasteiger partial charge in [0.1, 0.15) is 0 Å². The summed E-state index contributed by atoms with van der Waals surface area (Å²) in [7, 11) is 1.16. The highest BCUT2D eigenvalue weighted by Crippen LogP contribution is 2.37. The number of nitrogens with two attached hydrogens (primary N) is 1. The molecule has 7 heteroatoms. The molecule has 0 saturated heterocycles. The van der Waals surface area contributed by atoms with E-state index < -0.39 is 6.72 Å². The van der Waals surface area contributed by atoms with Gasteiger partial charge in [0.15, 0.2) is 0 Å². The Labute approximate surface area is 50.3 Å². The highest BCUT2D eigenvalue weighted by atomic mass is 32.5. The van der Waals surface area contributed by atoms with Crippen LogP contribution in [0.5, 0.6) is 0 Å². The lowest BCUT2D eigenvalue weighted by molar-refractivity contribution is -0.186. The largest absolute Gasteiger partial charge is 0.570 e. The van der Waals surface area contributed by atoms with Gasteiger partial charge in [-0.25, -0.2) is 4.89 Å². The molecule has 0 aromatic rings. The first-order chi connectivity index (χ1) is 3.62. The molecule has 0 saturated carbocycles. The number of hydrogen-bond donors (Lipinski definition) is 3. The third-order valence-electron chi connectivity index (χ3n) is 0.309. The molecule has 0 atom stereocenters. The molecule has 0 bridgehead atoms. The van der Waals surface area contributed by atoms with Crippen molar-refractivity contribution in [3.05, 3.63) is 0 Å². The van der Waals surface area contributed by atoms with Crippen LogP contribution in [0.1, 0.15) is 0 Å². The molecule has 0 radical (unpaired) electrons. The molecule has 0 aliphatic heterocycles. The SMILES string of the molecule is COOP(O)(O)=[S+]N. The zero-order valence-electron chi connectivity index (χ0n) is 4.14. The van der Waals surface area contributed by atoms with Crippen molar-refractivity contribution in [2.45, 2.75) is 0 Å². The molecule has 4 N–H and O–H groups in total. The van der Waals surface area contributed by atoms with Gasteiger partial charge < -0.3 is 0 Å². The van der Waals surface area contributed by atoms with Crippen molar-refractivity contribution >= 4 is 17.8 Å². The summed E-state index contributed by atoms with van der Waals surface area (Å²) < 4.78 is 3.94. The molecular weight excluding hydrogens is 153 g/mol. The van der Waals surface area contributed by atoms with E-state index in [1.807, 2.05) is 0 Å². The van der Waals surface area contributed by atoms with Crippen LogP contribution in [0, 0.1) is 0 Å². The molecule has 0 fully saturated rings. The molecule has 5 nitrogen and oxygen atoms in total. The summed E-state index contributed by atoms with van der Waals surface area (Å²) in [5.41, 5.74) is 0. The monoisotopic (exact) mass is 160 g/mol. The first-order valence-corrected chi connectivity index (χ1v) is 4.67. The predicted molar refractivity (Wildman–Crippen MR) is 31.0 cm³/mol. The van der Waals surface area contributed by atoms with Crippen LogP contribution in [0.2, 0.25) is 0 Å². The second-order valence-electron chi connectivity index (χ2n) is 0.837. The van der Waals surface area contributed by atoms with E-state index in [1.54, 1.807) is 0 Å². The molecule has 50 valence electrons. The normalized spacial score (nSPS) is 11.5. The zero-order valence-corrected chi connectivity index (χ0v) is 5.85. The van der Waals surface area contributed by atoms with Crippen LogP contribution in [-0.2, 0) is 20.7 Å². The molecule has 0 aromatic carbocycles. The van der Waals surface area contributed by atoms with Gasteiger partial charge in [-0.05, 0) is 0 Å². The van der Waals surface area contributed by atoms with Gasteiger partial charge in [-0.3, -0.25) is 9.79 Å². The van der Waals surface area contributed by atoms with Crippen LogP contribution in [-0.4, -0.2) is 16.9 Å². The molecule has 0 aliphatic rings. The topological polar surface area (TPSA) is 84.9 Å². The highest BCUT2D eigenvalue weighted by Gasteiger charge is 2.25. The molecule has 0 aromatic heterocycles. The van der Waals surface area contributed by atoms with Crippen LogP contribution in [0.15, 0.2) is 0 Å². The Balaban J connectivity index is 3.74. The lowest BCUT2D eigenvalue weighted by Gasteiger charge is -1.93. The molecule has 0 unspecified atom stereocenters. The molecule has 0 heterocycles. The van der Waals surface area contributed by atoms with Crippen molar-refractivity contribution in [3.8, 4) is 0 Å². The van der Waals surface area contributed by atoms with Crippen LogP contribution < -0.4 is 5.14 Å². The molecule has 0 amide bonds. The maximum Gasteiger partial charge on any atom is 0.570 e. The van der Waals surface area contributed by atoms with Crippen LogP contribution in [0.3, 0.4) is 0 Å². The lowest BCUT2D eigenvalue weighted by atomic mass is 11.8. The third-order valence-corrected chi connectivity index (χ3v) is 1.93. The van der Waals surface area contributed by atoms with Crippen molar-refractivity contribution < 1.29 is 19.3 Å². The van der Waals surface area contributed by atoms with E-state index >= 15 is 0 Å². The number of rotatable bonds is 2. The number of hydrogen-bond acceptors (Lipinski definition) is 2. The minimum atomic E-state index is -3.45. The zero-order chi connectivity index (χ0) is 6.62. The van der Waals surface area contributed by atoms with Gasteiger partial charge in [0.25, 0.3) is 0 Å². The van der Waals surface area contributed by atoms with Gasteiger partial charge in [-0.15, -0.1) is 4.67 Å². The van der Waals surface area contributed by atoms with Gasteiger partial charge >= 0.3 is 17.8 Å². The van der Waals surface area contributed by atoms with Gasteiger partial charge in [-0.2, -0.15) is 0 Å². The summed E-state index contributed by atoms with van der Waals surface area (Å²) in [6.45, 7) is -3.45. The Morgan fingerprint density at radius 2 is 2.12 bits per heavy atom. The van der Waals surface area contributed by atoms with Gasteiger partial charge in [0, 0.05) is 0 Å². The fourth-order valence-corrected chi connectivity index (χ4v) is 0.632. The van der Waals surface area contributed by atoms with Crippen LogP contribution in [0.4, 0.5) is 0 Å². The van der Waals surface area contributed by atoms with E-state index in [4.69, 9.17) is 14.9 Å². The molecule has 0 spiro atoms. The van der Waals surface area contributed by atoms with Crippen molar-refractivity contribution in [2.24, 2.45) is 5.14 Å². The average Bonchev–Trinajstić information content (AvgIpc) is 1.67. The molecule has 8 heavy (non-hydrogen) atoms. The first kappa shape index (κ1) is 8.45. The van der Waals surface area contributed by atoms with Gasteiger partial charge in [0.2, 0.25) is 0 Å². The van der Waals surface area contributed by atoms with E-state index in [0.717, 1.165) is 7.11 Å². The highest BCUT2D eigenvalue weighted by molar-refractivity contribution is 8.15. The lowest BCUT2D eigenvalue weighted by Crippen LogP contribution is -1.92. The molecular formula is CH7NO4PS+. The van der Waals surface area contributed by atoms with E-state index in [1.165, 1.54) is 0 Å². The van der Waals surface area contributed by atoms with Crippen molar-refractivity contribution in [1.82, 2.24) is 0 Å². The maximum atomic E-state index is 8.48. The van der Waals surface area contributed by atoms with E-state index in [-0.39, 0.29) is 0 Å². The average molecular weight is 160 g/mol. The quantitative estimate of drug-likeness (QED) is 0.161. The fraction of sp³-hybridized carbons (Fsp3) is 1.00. The Morgan fingerprint density at radius 1 is 1.62 bits per heavy atom. The van der Waals surface area contributed by atoms with E-state index in [0.29, 0.717) is 11.1 Å². The van der Waals surface area contributed by atoms with Crippen LogP contribution in [0.25, 0.3) is 0 Å².